The second-order valence-corrected chi connectivity index (χ2v) is 8.58. The second kappa shape index (κ2) is 8.02. The Labute approximate surface area is 172 Å². The van der Waals surface area contributed by atoms with Crippen LogP contribution in [0.1, 0.15) is 15.9 Å². The van der Waals surface area contributed by atoms with Crippen LogP contribution in [0.4, 0.5) is 11.4 Å². The predicted octanol–water partition coefficient (Wildman–Crippen LogP) is 4.64. The number of halogens is 1. The number of carbonyl (C=O) groups is 1. The maximum atomic E-state index is 12.7. The van der Waals surface area contributed by atoms with Gasteiger partial charge in [0, 0.05) is 22.7 Å². The molecule has 0 spiro atoms. The van der Waals surface area contributed by atoms with Crippen molar-refractivity contribution in [2.45, 2.75) is 16.7 Å². The first-order valence-corrected chi connectivity index (χ1v) is 10.2. The molecular formula is C20H15ClN2O5S. The number of hydrogen-bond acceptors (Lipinski definition) is 5. The van der Waals surface area contributed by atoms with E-state index in [0.29, 0.717) is 16.3 Å². The van der Waals surface area contributed by atoms with E-state index < -0.39 is 20.7 Å². The van der Waals surface area contributed by atoms with Crippen molar-refractivity contribution in [3.63, 3.8) is 0 Å². The summed E-state index contributed by atoms with van der Waals surface area (Å²) in [6.07, 6.45) is 0. The summed E-state index contributed by atoms with van der Waals surface area (Å²) in [6, 6.07) is 15.4. The fourth-order valence-electron chi connectivity index (χ4n) is 2.59. The quantitative estimate of drug-likeness (QED) is 0.468. The van der Waals surface area contributed by atoms with E-state index in [1.54, 1.807) is 6.92 Å². The summed E-state index contributed by atoms with van der Waals surface area (Å²) in [6.45, 7) is 1.71. The summed E-state index contributed by atoms with van der Waals surface area (Å²) in [5.41, 5.74) is 1.04. The van der Waals surface area contributed by atoms with Gasteiger partial charge in [0.05, 0.1) is 20.4 Å². The monoisotopic (exact) mass is 430 g/mol. The Kier molecular flexibility index (Phi) is 5.67. The molecule has 148 valence electrons. The SMILES string of the molecule is Cc1ccc([N+](=O)[O-])cc1NC(=O)c1ccc(S(=O)(=O)c2ccc(Cl)cc2)cc1. The maximum absolute atomic E-state index is 12.7. The van der Waals surface area contributed by atoms with Crippen molar-refractivity contribution >= 4 is 38.7 Å². The number of aryl methyl sites for hydroxylation is 1. The number of nitrogens with zero attached hydrogens (tertiary/aromatic N) is 1. The van der Waals surface area contributed by atoms with Crippen molar-refractivity contribution in [3.8, 4) is 0 Å². The number of nitro benzene ring substituents is 1. The molecule has 0 bridgehead atoms. The zero-order valence-corrected chi connectivity index (χ0v) is 16.7. The number of amides is 1. The third-order valence-electron chi connectivity index (χ3n) is 4.23. The third kappa shape index (κ3) is 4.44. The molecule has 3 rings (SSSR count). The molecule has 3 aromatic carbocycles. The van der Waals surface area contributed by atoms with Crippen LogP contribution in [0.2, 0.25) is 5.02 Å². The molecule has 0 saturated carbocycles. The van der Waals surface area contributed by atoms with Gasteiger partial charge in [-0.25, -0.2) is 8.42 Å². The standard InChI is InChI=1S/C20H15ClN2O5S/c1-13-2-7-16(23(25)26)12-19(13)22-20(24)14-3-8-17(9-4-14)29(27,28)18-10-5-15(21)6-11-18/h2-12H,1H3,(H,22,24). The van der Waals surface area contributed by atoms with Crippen LogP contribution in [-0.4, -0.2) is 19.2 Å². The number of hydrogen-bond donors (Lipinski definition) is 1. The number of carbonyl (C=O) groups excluding carboxylic acids is 1. The Morgan fingerprint density at radius 3 is 2.07 bits per heavy atom. The Morgan fingerprint density at radius 1 is 0.966 bits per heavy atom. The topological polar surface area (TPSA) is 106 Å². The highest BCUT2D eigenvalue weighted by molar-refractivity contribution is 7.91. The van der Waals surface area contributed by atoms with E-state index in [4.69, 9.17) is 11.6 Å². The van der Waals surface area contributed by atoms with Gasteiger partial charge in [0.15, 0.2) is 0 Å². The molecule has 0 fully saturated rings. The van der Waals surface area contributed by atoms with Gasteiger partial charge in [0.25, 0.3) is 11.6 Å². The van der Waals surface area contributed by atoms with Crippen LogP contribution in [0.25, 0.3) is 0 Å². The van der Waals surface area contributed by atoms with Crippen LogP contribution in [-0.2, 0) is 9.84 Å². The van der Waals surface area contributed by atoms with Crippen molar-refractivity contribution in [3.05, 3.63) is 93.0 Å². The van der Waals surface area contributed by atoms with Gasteiger partial charge >= 0.3 is 0 Å². The fourth-order valence-corrected chi connectivity index (χ4v) is 3.97. The molecule has 9 heteroatoms. The average molecular weight is 431 g/mol. The third-order valence-corrected chi connectivity index (χ3v) is 6.27. The lowest BCUT2D eigenvalue weighted by Crippen LogP contribution is -2.13. The Bertz CT molecular complexity index is 1190. The summed E-state index contributed by atoms with van der Waals surface area (Å²) >= 11 is 5.79. The Hall–Kier alpha value is -3.23. The Morgan fingerprint density at radius 2 is 1.52 bits per heavy atom. The summed E-state index contributed by atoms with van der Waals surface area (Å²) < 4.78 is 25.3. The minimum atomic E-state index is -3.74. The number of nitrogens with one attached hydrogen (secondary N) is 1. The van der Waals surface area contributed by atoms with E-state index in [1.807, 2.05) is 0 Å². The Balaban J connectivity index is 1.83. The first-order valence-electron chi connectivity index (χ1n) is 8.35. The van der Waals surface area contributed by atoms with Crippen LogP contribution in [0.3, 0.4) is 0 Å². The van der Waals surface area contributed by atoms with Gasteiger partial charge in [-0.2, -0.15) is 0 Å². The summed E-state index contributed by atoms with van der Waals surface area (Å²) in [5, 5.41) is 13.9. The zero-order chi connectivity index (χ0) is 21.2. The molecule has 0 aliphatic carbocycles. The molecule has 29 heavy (non-hydrogen) atoms. The van der Waals surface area contributed by atoms with E-state index in [0.717, 1.165) is 0 Å². The maximum Gasteiger partial charge on any atom is 0.271 e. The molecule has 0 saturated heterocycles. The van der Waals surface area contributed by atoms with Crippen LogP contribution in [0, 0.1) is 17.0 Å². The molecule has 3 aromatic rings. The molecule has 1 amide bonds. The highest BCUT2D eigenvalue weighted by Gasteiger charge is 2.18. The molecule has 0 unspecified atom stereocenters. The van der Waals surface area contributed by atoms with Crippen molar-refractivity contribution in [2.24, 2.45) is 0 Å². The largest absolute Gasteiger partial charge is 0.321 e. The molecular weight excluding hydrogens is 416 g/mol. The van der Waals surface area contributed by atoms with Gasteiger partial charge in [-0.3, -0.25) is 14.9 Å². The summed E-state index contributed by atoms with van der Waals surface area (Å²) in [4.78, 5) is 23.0. The molecule has 0 heterocycles. The molecule has 7 nitrogen and oxygen atoms in total. The van der Waals surface area contributed by atoms with Crippen LogP contribution < -0.4 is 5.32 Å². The van der Waals surface area contributed by atoms with Gasteiger partial charge in [0.1, 0.15) is 0 Å². The van der Waals surface area contributed by atoms with E-state index >= 15 is 0 Å². The highest BCUT2D eigenvalue weighted by atomic mass is 35.5. The van der Waals surface area contributed by atoms with E-state index in [1.165, 1.54) is 66.7 Å². The number of benzene rings is 3. The van der Waals surface area contributed by atoms with Crippen molar-refractivity contribution in [1.29, 1.82) is 0 Å². The minimum absolute atomic E-state index is 0.0305. The molecule has 0 aliphatic heterocycles. The predicted molar refractivity (Wildman–Crippen MR) is 109 cm³/mol. The molecule has 0 aliphatic rings. The van der Waals surface area contributed by atoms with Gasteiger partial charge in [-0.15, -0.1) is 0 Å². The average Bonchev–Trinajstić information content (AvgIpc) is 2.70. The number of anilines is 1. The molecule has 1 N–H and O–H groups in total. The molecule has 0 aromatic heterocycles. The van der Waals surface area contributed by atoms with Crippen LogP contribution in [0.5, 0.6) is 0 Å². The van der Waals surface area contributed by atoms with E-state index in [-0.39, 0.29) is 21.0 Å². The van der Waals surface area contributed by atoms with Crippen LogP contribution >= 0.6 is 11.6 Å². The first kappa shape index (κ1) is 20.5. The number of nitro groups is 1. The smallest absolute Gasteiger partial charge is 0.271 e. The number of sulfone groups is 1. The molecule has 0 atom stereocenters. The number of non-ortho nitro benzene ring substituents is 1. The minimum Gasteiger partial charge on any atom is -0.321 e. The van der Waals surface area contributed by atoms with Gasteiger partial charge in [0.2, 0.25) is 9.84 Å². The lowest BCUT2D eigenvalue weighted by atomic mass is 10.1. The van der Waals surface area contributed by atoms with Crippen LogP contribution in [0.15, 0.2) is 76.5 Å². The van der Waals surface area contributed by atoms with Gasteiger partial charge in [-0.05, 0) is 61.0 Å². The number of rotatable bonds is 5. The summed E-state index contributed by atoms with van der Waals surface area (Å²) in [5.74, 6) is -0.510. The van der Waals surface area contributed by atoms with E-state index in [9.17, 15) is 23.3 Å². The first-order chi connectivity index (χ1) is 13.7. The lowest BCUT2D eigenvalue weighted by molar-refractivity contribution is -0.384. The van der Waals surface area contributed by atoms with Crippen molar-refractivity contribution < 1.29 is 18.1 Å². The van der Waals surface area contributed by atoms with Gasteiger partial charge < -0.3 is 5.32 Å². The normalized spacial score (nSPS) is 11.1. The second-order valence-electron chi connectivity index (χ2n) is 6.19. The highest BCUT2D eigenvalue weighted by Crippen LogP contribution is 2.24. The van der Waals surface area contributed by atoms with Crippen molar-refractivity contribution in [1.82, 2.24) is 0 Å². The lowest BCUT2D eigenvalue weighted by Gasteiger charge is -2.09. The van der Waals surface area contributed by atoms with Crippen molar-refractivity contribution in [2.75, 3.05) is 5.32 Å². The van der Waals surface area contributed by atoms with E-state index in [2.05, 4.69) is 5.32 Å². The molecule has 0 radical (unpaired) electrons. The fraction of sp³-hybridized carbons (Fsp3) is 0.0500. The summed E-state index contributed by atoms with van der Waals surface area (Å²) in [7, 11) is -3.74. The zero-order valence-electron chi connectivity index (χ0n) is 15.1. The van der Waals surface area contributed by atoms with Gasteiger partial charge in [-0.1, -0.05) is 17.7 Å².